The van der Waals surface area contributed by atoms with Crippen LogP contribution in [-0.4, -0.2) is 5.11 Å². The van der Waals surface area contributed by atoms with Crippen molar-refractivity contribution in [2.75, 3.05) is 0 Å². The van der Waals surface area contributed by atoms with Crippen LogP contribution in [0.1, 0.15) is 5.56 Å². The molecule has 0 bridgehead atoms. The average Bonchev–Trinajstić information content (AvgIpc) is 2.19. The van der Waals surface area contributed by atoms with Crippen molar-refractivity contribution in [1.29, 1.82) is 10.5 Å². The van der Waals surface area contributed by atoms with Gasteiger partial charge in [-0.15, -0.1) is 0 Å². The quantitative estimate of drug-likeness (QED) is 0.715. The van der Waals surface area contributed by atoms with Crippen molar-refractivity contribution in [3.8, 4) is 17.9 Å². The Bertz CT molecular complexity index is 450. The first-order valence-corrected chi connectivity index (χ1v) is 4.05. The summed E-state index contributed by atoms with van der Waals surface area (Å²) in [6, 6.07) is 7.72. The molecule has 0 saturated heterocycles. The number of halogens is 1. The number of allylic oxidation sites excluding steroid dienone is 1. The third-order valence-electron chi connectivity index (χ3n) is 1.52. The SMILES string of the molecule is N#CC(C#N)=Cc1cc(O)ccc1Cl. The van der Waals surface area contributed by atoms with Gasteiger partial charge in [-0.1, -0.05) is 11.6 Å². The van der Waals surface area contributed by atoms with E-state index in [1.165, 1.54) is 24.3 Å². The number of rotatable bonds is 1. The summed E-state index contributed by atoms with van der Waals surface area (Å²) >= 11 is 5.78. The van der Waals surface area contributed by atoms with Crippen molar-refractivity contribution in [1.82, 2.24) is 0 Å². The van der Waals surface area contributed by atoms with Gasteiger partial charge >= 0.3 is 0 Å². The van der Waals surface area contributed by atoms with Gasteiger partial charge in [-0.05, 0) is 29.8 Å². The molecule has 0 spiro atoms. The molecule has 0 amide bonds. The third kappa shape index (κ3) is 2.26. The predicted molar refractivity (Wildman–Crippen MR) is 52.3 cm³/mol. The van der Waals surface area contributed by atoms with Crippen molar-refractivity contribution >= 4 is 17.7 Å². The van der Waals surface area contributed by atoms with E-state index in [2.05, 4.69) is 0 Å². The Balaban J connectivity index is 3.22. The first kappa shape index (κ1) is 10.1. The van der Waals surface area contributed by atoms with Gasteiger partial charge in [0.15, 0.2) is 0 Å². The maximum Gasteiger partial charge on any atom is 0.130 e. The van der Waals surface area contributed by atoms with Crippen LogP contribution < -0.4 is 0 Å². The van der Waals surface area contributed by atoms with Crippen molar-refractivity contribution < 1.29 is 5.11 Å². The zero-order valence-electron chi connectivity index (χ0n) is 7.03. The molecule has 1 aromatic rings. The molecule has 68 valence electrons. The number of benzene rings is 1. The predicted octanol–water partition coefficient (Wildman–Crippen LogP) is 2.48. The lowest BCUT2D eigenvalue weighted by molar-refractivity contribution is 0.475. The monoisotopic (exact) mass is 204 g/mol. The standard InChI is InChI=1S/C10H5ClN2O/c11-10-2-1-9(14)4-8(10)3-7(5-12)6-13/h1-4,14H. The summed E-state index contributed by atoms with van der Waals surface area (Å²) in [6.07, 6.45) is 1.32. The Morgan fingerprint density at radius 2 is 2.00 bits per heavy atom. The molecular formula is C10H5ClN2O. The summed E-state index contributed by atoms with van der Waals surface area (Å²) in [5.74, 6) is 0.0379. The Kier molecular flexibility index (Phi) is 3.12. The fourth-order valence-electron chi connectivity index (χ4n) is 0.887. The molecule has 14 heavy (non-hydrogen) atoms. The van der Waals surface area contributed by atoms with Crippen LogP contribution in [0.2, 0.25) is 5.02 Å². The molecule has 1 aromatic carbocycles. The molecule has 1 rings (SSSR count). The van der Waals surface area contributed by atoms with Crippen LogP contribution in [0.3, 0.4) is 0 Å². The highest BCUT2D eigenvalue weighted by Crippen LogP contribution is 2.23. The maximum atomic E-state index is 9.14. The lowest BCUT2D eigenvalue weighted by Crippen LogP contribution is -1.78. The number of nitriles is 2. The Morgan fingerprint density at radius 1 is 1.36 bits per heavy atom. The molecule has 0 atom stereocenters. The second-order valence-electron chi connectivity index (χ2n) is 2.49. The van der Waals surface area contributed by atoms with Gasteiger partial charge in [0.05, 0.1) is 0 Å². The first-order valence-electron chi connectivity index (χ1n) is 3.68. The zero-order chi connectivity index (χ0) is 10.6. The van der Waals surface area contributed by atoms with Gasteiger partial charge in [0.1, 0.15) is 23.5 Å². The molecule has 0 aliphatic carbocycles. The van der Waals surface area contributed by atoms with E-state index < -0.39 is 0 Å². The van der Waals surface area contributed by atoms with Gasteiger partial charge in [0, 0.05) is 5.02 Å². The van der Waals surface area contributed by atoms with E-state index in [0.29, 0.717) is 10.6 Å². The lowest BCUT2D eigenvalue weighted by Gasteiger charge is -1.98. The van der Waals surface area contributed by atoms with Crippen LogP contribution in [0, 0.1) is 22.7 Å². The van der Waals surface area contributed by atoms with Crippen molar-refractivity contribution in [2.45, 2.75) is 0 Å². The lowest BCUT2D eigenvalue weighted by atomic mass is 10.1. The Morgan fingerprint density at radius 3 is 2.57 bits per heavy atom. The van der Waals surface area contributed by atoms with Gasteiger partial charge in [0.2, 0.25) is 0 Å². The molecule has 4 heteroatoms. The number of phenols is 1. The summed E-state index contributed by atoms with van der Waals surface area (Å²) < 4.78 is 0. The molecule has 0 fully saturated rings. The van der Waals surface area contributed by atoms with Crippen LogP contribution >= 0.6 is 11.6 Å². The summed E-state index contributed by atoms with van der Waals surface area (Å²) in [6.45, 7) is 0. The summed E-state index contributed by atoms with van der Waals surface area (Å²) in [5.41, 5.74) is 0.391. The Labute approximate surface area is 86.1 Å². The van der Waals surface area contributed by atoms with E-state index in [9.17, 15) is 0 Å². The van der Waals surface area contributed by atoms with E-state index in [1.807, 2.05) is 0 Å². The van der Waals surface area contributed by atoms with E-state index >= 15 is 0 Å². The van der Waals surface area contributed by atoms with Gasteiger partial charge < -0.3 is 5.11 Å². The normalized spacial score (nSPS) is 8.50. The molecule has 0 unspecified atom stereocenters. The molecule has 0 heterocycles. The van der Waals surface area contributed by atoms with Crippen LogP contribution in [0.4, 0.5) is 0 Å². The molecule has 0 aliphatic rings. The minimum absolute atomic E-state index is 0.0379. The summed E-state index contributed by atoms with van der Waals surface area (Å²) in [5, 5.41) is 26.5. The van der Waals surface area contributed by atoms with Gasteiger partial charge in [-0.3, -0.25) is 0 Å². The minimum Gasteiger partial charge on any atom is -0.508 e. The third-order valence-corrected chi connectivity index (χ3v) is 1.86. The number of nitrogens with zero attached hydrogens (tertiary/aromatic N) is 2. The van der Waals surface area contributed by atoms with Gasteiger partial charge in [-0.25, -0.2) is 0 Å². The summed E-state index contributed by atoms with van der Waals surface area (Å²) in [7, 11) is 0. The molecular weight excluding hydrogens is 200 g/mol. The van der Waals surface area contributed by atoms with E-state index in [4.69, 9.17) is 27.2 Å². The van der Waals surface area contributed by atoms with Crippen LogP contribution in [0.5, 0.6) is 5.75 Å². The first-order chi connectivity index (χ1) is 6.67. The van der Waals surface area contributed by atoms with E-state index in [1.54, 1.807) is 12.1 Å². The van der Waals surface area contributed by atoms with Crippen molar-refractivity contribution in [3.05, 3.63) is 34.4 Å². The smallest absolute Gasteiger partial charge is 0.130 e. The zero-order valence-corrected chi connectivity index (χ0v) is 7.78. The molecule has 0 saturated carbocycles. The Hall–Kier alpha value is -1.97. The van der Waals surface area contributed by atoms with Gasteiger partial charge in [0.25, 0.3) is 0 Å². The highest BCUT2D eigenvalue weighted by Gasteiger charge is 2.00. The van der Waals surface area contributed by atoms with E-state index in [0.717, 1.165) is 0 Å². The largest absolute Gasteiger partial charge is 0.508 e. The fourth-order valence-corrected chi connectivity index (χ4v) is 1.06. The maximum absolute atomic E-state index is 9.14. The highest BCUT2D eigenvalue weighted by molar-refractivity contribution is 6.32. The molecule has 1 N–H and O–H groups in total. The number of aromatic hydroxyl groups is 1. The minimum atomic E-state index is -0.0579. The molecule has 0 aliphatic heterocycles. The van der Waals surface area contributed by atoms with Crippen LogP contribution in [-0.2, 0) is 0 Å². The average molecular weight is 205 g/mol. The van der Waals surface area contributed by atoms with Crippen molar-refractivity contribution in [2.24, 2.45) is 0 Å². The molecule has 0 radical (unpaired) electrons. The van der Waals surface area contributed by atoms with Crippen LogP contribution in [0.25, 0.3) is 6.08 Å². The van der Waals surface area contributed by atoms with Crippen molar-refractivity contribution in [3.63, 3.8) is 0 Å². The second-order valence-corrected chi connectivity index (χ2v) is 2.89. The van der Waals surface area contributed by atoms with Crippen LogP contribution in [0.15, 0.2) is 23.8 Å². The molecule has 3 nitrogen and oxygen atoms in total. The number of hydrogen-bond donors (Lipinski definition) is 1. The summed E-state index contributed by atoms with van der Waals surface area (Å²) in [4.78, 5) is 0. The van der Waals surface area contributed by atoms with E-state index in [-0.39, 0.29) is 11.3 Å². The highest BCUT2D eigenvalue weighted by atomic mass is 35.5. The molecule has 0 aromatic heterocycles. The van der Waals surface area contributed by atoms with Gasteiger partial charge in [-0.2, -0.15) is 10.5 Å². The number of hydrogen-bond acceptors (Lipinski definition) is 3. The number of phenolic OH excluding ortho intramolecular Hbond substituents is 1. The fraction of sp³-hybridized carbons (Fsp3) is 0. The second kappa shape index (κ2) is 4.32. The topological polar surface area (TPSA) is 67.8 Å².